The summed E-state index contributed by atoms with van der Waals surface area (Å²) >= 11 is 3.66. The summed E-state index contributed by atoms with van der Waals surface area (Å²) in [5.74, 6) is 1.39. The van der Waals surface area contributed by atoms with Gasteiger partial charge in [0.1, 0.15) is 18.0 Å². The molecule has 1 heterocycles. The lowest BCUT2D eigenvalue weighted by Crippen LogP contribution is -2.40. The summed E-state index contributed by atoms with van der Waals surface area (Å²) in [6.45, 7) is 10.1. The quantitative estimate of drug-likeness (QED) is 0.494. The van der Waals surface area contributed by atoms with Crippen molar-refractivity contribution in [2.75, 3.05) is 26.2 Å². The van der Waals surface area contributed by atoms with Crippen LogP contribution in [0.3, 0.4) is 0 Å². The SMILES string of the molecule is CC(C)(C)OC(=O)NCC1CCN(CCc2ccc(OCc3ccccc3)c(Br)c2)CC1. The van der Waals surface area contributed by atoms with Gasteiger partial charge in [-0.2, -0.15) is 0 Å². The highest BCUT2D eigenvalue weighted by Gasteiger charge is 2.21. The van der Waals surface area contributed by atoms with E-state index < -0.39 is 5.60 Å². The van der Waals surface area contributed by atoms with Gasteiger partial charge < -0.3 is 19.7 Å². The van der Waals surface area contributed by atoms with Crippen molar-refractivity contribution in [3.05, 3.63) is 64.1 Å². The van der Waals surface area contributed by atoms with E-state index in [-0.39, 0.29) is 6.09 Å². The van der Waals surface area contributed by atoms with Crippen molar-refractivity contribution in [2.24, 2.45) is 5.92 Å². The number of hydrogen-bond donors (Lipinski definition) is 1. The Hall–Kier alpha value is -2.05. The zero-order chi connectivity index (χ0) is 23.0. The number of amides is 1. The van der Waals surface area contributed by atoms with Gasteiger partial charge in [-0.3, -0.25) is 0 Å². The second kappa shape index (κ2) is 11.7. The van der Waals surface area contributed by atoms with Gasteiger partial charge in [0, 0.05) is 13.1 Å². The minimum Gasteiger partial charge on any atom is -0.488 e. The molecule has 174 valence electrons. The Morgan fingerprint density at radius 3 is 2.47 bits per heavy atom. The van der Waals surface area contributed by atoms with E-state index >= 15 is 0 Å². The maximum Gasteiger partial charge on any atom is 0.407 e. The van der Waals surface area contributed by atoms with Crippen molar-refractivity contribution >= 4 is 22.0 Å². The Labute approximate surface area is 200 Å². The maximum absolute atomic E-state index is 11.8. The summed E-state index contributed by atoms with van der Waals surface area (Å²) in [5.41, 5.74) is 2.01. The molecule has 6 heteroatoms. The highest BCUT2D eigenvalue weighted by molar-refractivity contribution is 9.10. The fraction of sp³-hybridized carbons (Fsp3) is 0.500. The summed E-state index contributed by atoms with van der Waals surface area (Å²) in [7, 11) is 0. The van der Waals surface area contributed by atoms with Crippen molar-refractivity contribution in [3.8, 4) is 5.75 Å². The molecule has 5 nitrogen and oxygen atoms in total. The number of nitrogens with one attached hydrogen (secondary N) is 1. The van der Waals surface area contributed by atoms with E-state index in [4.69, 9.17) is 9.47 Å². The maximum atomic E-state index is 11.8. The number of halogens is 1. The van der Waals surface area contributed by atoms with E-state index in [1.807, 2.05) is 39.0 Å². The molecule has 1 aliphatic rings. The van der Waals surface area contributed by atoms with Gasteiger partial charge in [-0.1, -0.05) is 36.4 Å². The zero-order valence-electron chi connectivity index (χ0n) is 19.4. The van der Waals surface area contributed by atoms with Crippen LogP contribution in [0, 0.1) is 5.92 Å². The largest absolute Gasteiger partial charge is 0.488 e. The first-order chi connectivity index (χ1) is 15.3. The predicted molar refractivity (Wildman–Crippen MR) is 132 cm³/mol. The lowest BCUT2D eigenvalue weighted by Gasteiger charge is -2.32. The van der Waals surface area contributed by atoms with E-state index in [0.29, 0.717) is 19.1 Å². The molecular weight excluding hydrogens is 468 g/mol. The molecule has 1 fully saturated rings. The third kappa shape index (κ3) is 8.47. The van der Waals surface area contributed by atoms with Gasteiger partial charge in [0.25, 0.3) is 0 Å². The fourth-order valence-electron chi connectivity index (χ4n) is 3.80. The van der Waals surface area contributed by atoms with Crippen molar-refractivity contribution in [3.63, 3.8) is 0 Å². The molecule has 3 rings (SSSR count). The van der Waals surface area contributed by atoms with E-state index in [1.165, 1.54) is 5.56 Å². The third-order valence-corrected chi connectivity index (χ3v) is 6.21. The van der Waals surface area contributed by atoms with Crippen LogP contribution in [-0.4, -0.2) is 42.8 Å². The standard InChI is InChI=1S/C26H35BrN2O3/c1-26(2,3)32-25(30)28-18-21-12-15-29(16-13-21)14-11-20-9-10-24(23(27)17-20)31-19-22-7-5-4-6-8-22/h4-10,17,21H,11-16,18-19H2,1-3H3,(H,28,30). The first kappa shape index (κ1) is 24.6. The van der Waals surface area contributed by atoms with Gasteiger partial charge in [0.15, 0.2) is 0 Å². The van der Waals surface area contributed by atoms with Crippen molar-refractivity contribution in [1.29, 1.82) is 0 Å². The monoisotopic (exact) mass is 502 g/mol. The van der Waals surface area contributed by atoms with E-state index in [1.54, 1.807) is 0 Å². The minimum absolute atomic E-state index is 0.318. The molecule has 0 saturated carbocycles. The molecule has 0 radical (unpaired) electrons. The lowest BCUT2D eigenvalue weighted by atomic mass is 9.96. The Kier molecular flexibility index (Phi) is 9.00. The number of alkyl carbamates (subject to hydrolysis) is 1. The average molecular weight is 503 g/mol. The molecule has 1 N–H and O–H groups in total. The van der Waals surface area contributed by atoms with Gasteiger partial charge in [-0.15, -0.1) is 0 Å². The molecule has 0 unspecified atom stereocenters. The van der Waals surface area contributed by atoms with E-state index in [0.717, 1.165) is 54.7 Å². The van der Waals surface area contributed by atoms with E-state index in [9.17, 15) is 4.79 Å². The molecule has 0 atom stereocenters. The lowest BCUT2D eigenvalue weighted by molar-refractivity contribution is 0.0510. The number of hydrogen-bond acceptors (Lipinski definition) is 4. The first-order valence-electron chi connectivity index (χ1n) is 11.4. The topological polar surface area (TPSA) is 50.8 Å². The molecule has 32 heavy (non-hydrogen) atoms. The first-order valence-corrected chi connectivity index (χ1v) is 12.2. The molecule has 2 aromatic carbocycles. The van der Waals surface area contributed by atoms with Crippen molar-refractivity contribution in [2.45, 2.75) is 52.2 Å². The summed E-state index contributed by atoms with van der Waals surface area (Å²) in [6.07, 6.45) is 2.90. The highest BCUT2D eigenvalue weighted by atomic mass is 79.9. The molecule has 1 amide bonds. The Balaban J connectivity index is 1.36. The Morgan fingerprint density at radius 2 is 1.81 bits per heavy atom. The molecular formula is C26H35BrN2O3. The Morgan fingerprint density at radius 1 is 1.09 bits per heavy atom. The van der Waals surface area contributed by atoms with Crippen LogP contribution in [0.25, 0.3) is 0 Å². The number of likely N-dealkylation sites (tertiary alicyclic amines) is 1. The van der Waals surface area contributed by atoms with Crippen LogP contribution in [0.2, 0.25) is 0 Å². The van der Waals surface area contributed by atoms with Crippen LogP contribution >= 0.6 is 15.9 Å². The van der Waals surface area contributed by atoms with Gasteiger partial charge in [0.05, 0.1) is 4.47 Å². The normalized spacial score (nSPS) is 15.4. The van der Waals surface area contributed by atoms with Crippen molar-refractivity contribution in [1.82, 2.24) is 10.2 Å². The second-order valence-corrected chi connectivity index (χ2v) is 10.3. The number of piperidine rings is 1. The van der Waals surface area contributed by atoms with Gasteiger partial charge in [-0.25, -0.2) is 4.79 Å². The van der Waals surface area contributed by atoms with Crippen LogP contribution in [0.15, 0.2) is 53.0 Å². The summed E-state index contributed by atoms with van der Waals surface area (Å²) < 4.78 is 12.3. The van der Waals surface area contributed by atoms with Crippen molar-refractivity contribution < 1.29 is 14.3 Å². The summed E-state index contributed by atoms with van der Waals surface area (Å²) in [4.78, 5) is 14.3. The number of nitrogens with zero attached hydrogens (tertiary/aromatic N) is 1. The molecule has 0 bridgehead atoms. The van der Waals surface area contributed by atoms with Gasteiger partial charge in [-0.05, 0) is 98.2 Å². The molecule has 2 aromatic rings. The third-order valence-electron chi connectivity index (χ3n) is 5.59. The summed E-state index contributed by atoms with van der Waals surface area (Å²) in [5, 5.41) is 2.92. The zero-order valence-corrected chi connectivity index (χ0v) is 21.0. The minimum atomic E-state index is -0.450. The second-order valence-electron chi connectivity index (χ2n) is 9.46. The number of rotatable bonds is 8. The van der Waals surface area contributed by atoms with Crippen LogP contribution in [0.4, 0.5) is 4.79 Å². The predicted octanol–water partition coefficient (Wildman–Crippen LogP) is 5.81. The molecule has 1 aliphatic heterocycles. The number of carbonyl (C=O) groups excluding carboxylic acids is 1. The fourth-order valence-corrected chi connectivity index (χ4v) is 4.34. The smallest absolute Gasteiger partial charge is 0.407 e. The number of ether oxygens (including phenoxy) is 2. The van der Waals surface area contributed by atoms with Crippen LogP contribution in [-0.2, 0) is 17.8 Å². The molecule has 0 spiro atoms. The number of carbonyl (C=O) groups is 1. The summed E-state index contributed by atoms with van der Waals surface area (Å²) in [6, 6.07) is 16.6. The van der Waals surface area contributed by atoms with Gasteiger partial charge in [0.2, 0.25) is 0 Å². The number of benzene rings is 2. The molecule has 0 aromatic heterocycles. The molecule has 1 saturated heterocycles. The Bertz CT molecular complexity index is 859. The molecule has 0 aliphatic carbocycles. The van der Waals surface area contributed by atoms with E-state index in [2.05, 4.69) is 56.5 Å². The van der Waals surface area contributed by atoms with Gasteiger partial charge >= 0.3 is 6.09 Å². The highest BCUT2D eigenvalue weighted by Crippen LogP contribution is 2.27. The van der Waals surface area contributed by atoms with Crippen LogP contribution in [0.1, 0.15) is 44.7 Å². The van der Waals surface area contributed by atoms with Crippen LogP contribution in [0.5, 0.6) is 5.75 Å². The van der Waals surface area contributed by atoms with Crippen LogP contribution < -0.4 is 10.1 Å². The average Bonchev–Trinajstić information content (AvgIpc) is 2.76.